The second-order valence-corrected chi connectivity index (χ2v) is 3.61. The molecule has 3 nitrogen and oxygen atoms in total. The molecule has 0 unspecified atom stereocenters. The normalized spacial score (nSPS) is 11.1. The average molecular weight is 139 g/mol. The summed E-state index contributed by atoms with van der Waals surface area (Å²) in [5.41, 5.74) is 0. The van der Waals surface area contributed by atoms with E-state index in [9.17, 15) is 8.42 Å². The molecule has 0 aromatic rings. The number of nitrogens with two attached hydrogens (primary N) is 1. The highest BCUT2D eigenvalue weighted by atomic mass is 32.2. The fourth-order valence-electron chi connectivity index (χ4n) is 0. The molecule has 0 spiro atoms. The van der Waals surface area contributed by atoms with E-state index in [0.717, 1.165) is 0 Å². The van der Waals surface area contributed by atoms with Crippen molar-refractivity contribution in [3.63, 3.8) is 0 Å². The van der Waals surface area contributed by atoms with E-state index in [1.54, 1.807) is 0 Å². The topological polar surface area (TPSA) is 60.2 Å². The standard InChI is InChI=1S/C2H5NO2S2/c1-2(6)7(3,4)5/h1H3,(H2,3,4,5). The Morgan fingerprint density at radius 2 is 1.86 bits per heavy atom. The van der Waals surface area contributed by atoms with Crippen LogP contribution in [-0.4, -0.2) is 12.6 Å². The van der Waals surface area contributed by atoms with Crippen LogP contribution in [0, 0.1) is 0 Å². The predicted molar refractivity (Wildman–Crippen MR) is 31.4 cm³/mol. The first-order valence-electron chi connectivity index (χ1n) is 1.48. The molecule has 7 heavy (non-hydrogen) atoms. The lowest BCUT2D eigenvalue weighted by molar-refractivity contribution is 0.609. The van der Waals surface area contributed by atoms with Crippen molar-refractivity contribution in [2.24, 2.45) is 5.14 Å². The molecule has 2 N–H and O–H groups in total. The molecule has 0 radical (unpaired) electrons. The first kappa shape index (κ1) is 7.00. The van der Waals surface area contributed by atoms with Crippen LogP contribution in [0.1, 0.15) is 6.92 Å². The van der Waals surface area contributed by atoms with Crippen molar-refractivity contribution in [3.8, 4) is 0 Å². The third-order valence-corrected chi connectivity index (χ3v) is 1.90. The van der Waals surface area contributed by atoms with Gasteiger partial charge in [0.05, 0.1) is 0 Å². The Hall–Kier alpha value is -0.0000000000000000555. The zero-order valence-electron chi connectivity index (χ0n) is 3.71. The van der Waals surface area contributed by atoms with E-state index in [1.807, 2.05) is 0 Å². The maximum atomic E-state index is 9.97. The molecule has 0 amide bonds. The minimum Gasteiger partial charge on any atom is -0.224 e. The second kappa shape index (κ2) is 1.85. The first-order valence-corrected chi connectivity index (χ1v) is 3.43. The van der Waals surface area contributed by atoms with Crippen LogP contribution in [0.25, 0.3) is 0 Å². The first-order chi connectivity index (χ1) is 2.94. The third-order valence-electron chi connectivity index (χ3n) is 0.401. The van der Waals surface area contributed by atoms with E-state index < -0.39 is 10.0 Å². The molecule has 0 fully saturated rings. The summed E-state index contributed by atoms with van der Waals surface area (Å²) in [6, 6.07) is 0. The van der Waals surface area contributed by atoms with Gasteiger partial charge in [0.15, 0.2) is 0 Å². The molecule has 0 saturated heterocycles. The summed E-state index contributed by atoms with van der Waals surface area (Å²) in [5, 5.41) is 4.51. The Morgan fingerprint density at radius 1 is 1.71 bits per heavy atom. The van der Waals surface area contributed by atoms with Gasteiger partial charge in [0, 0.05) is 0 Å². The Bertz CT molecular complexity index is 168. The zero-order chi connectivity index (χ0) is 6.08. The van der Waals surface area contributed by atoms with Crippen LogP contribution in [0.3, 0.4) is 0 Å². The van der Waals surface area contributed by atoms with Gasteiger partial charge in [-0.05, 0) is 6.92 Å². The number of rotatable bonds is 0. The highest BCUT2D eigenvalue weighted by Crippen LogP contribution is 1.80. The molecule has 0 atom stereocenters. The fourth-order valence-corrected chi connectivity index (χ4v) is 0. The van der Waals surface area contributed by atoms with Gasteiger partial charge in [-0.15, -0.1) is 0 Å². The highest BCUT2D eigenvalue weighted by Gasteiger charge is 2.01. The SMILES string of the molecule is CC(=S)S(N)(=O)=O. The van der Waals surface area contributed by atoms with Crippen LogP contribution in [0.2, 0.25) is 0 Å². The Morgan fingerprint density at radius 3 is 1.86 bits per heavy atom. The molecule has 5 heteroatoms. The number of primary sulfonamides is 1. The summed E-state index contributed by atoms with van der Waals surface area (Å²) in [5.74, 6) is 0. The molecule has 0 aliphatic heterocycles. The van der Waals surface area contributed by atoms with Gasteiger partial charge in [0.25, 0.3) is 0 Å². The van der Waals surface area contributed by atoms with Gasteiger partial charge < -0.3 is 0 Å². The average Bonchev–Trinajstić information content (AvgIpc) is 1.31. The molecule has 42 valence electrons. The van der Waals surface area contributed by atoms with E-state index in [2.05, 4.69) is 17.4 Å². The third kappa shape index (κ3) is 2.67. The molecule has 0 bridgehead atoms. The second-order valence-electron chi connectivity index (χ2n) is 1.04. The molecular formula is C2H5NO2S2. The van der Waals surface area contributed by atoms with Gasteiger partial charge in [-0.3, -0.25) is 0 Å². The summed E-state index contributed by atoms with van der Waals surface area (Å²) in [7, 11) is -3.51. The van der Waals surface area contributed by atoms with Gasteiger partial charge >= 0.3 is 0 Å². The van der Waals surface area contributed by atoms with Crippen molar-refractivity contribution < 1.29 is 8.42 Å². The van der Waals surface area contributed by atoms with E-state index in [0.29, 0.717) is 0 Å². The fraction of sp³-hybridized carbons (Fsp3) is 0.500. The van der Waals surface area contributed by atoms with Crippen LogP contribution in [0.4, 0.5) is 0 Å². The highest BCUT2D eigenvalue weighted by molar-refractivity contribution is 8.15. The molecule has 0 aromatic carbocycles. The minimum atomic E-state index is -3.51. The molecule has 0 aliphatic rings. The van der Waals surface area contributed by atoms with Crippen LogP contribution in [0.15, 0.2) is 0 Å². The quantitative estimate of drug-likeness (QED) is 0.465. The number of thiocarbonyl (C=S) groups is 1. The van der Waals surface area contributed by atoms with Crippen molar-refractivity contribution in [3.05, 3.63) is 0 Å². The predicted octanol–water partition coefficient (Wildman–Crippen LogP) is -0.378. The number of hydrogen-bond acceptors (Lipinski definition) is 3. The molecule has 0 aliphatic carbocycles. The lowest BCUT2D eigenvalue weighted by atomic mass is 11.0. The van der Waals surface area contributed by atoms with Crippen LogP contribution < -0.4 is 5.14 Å². The molecule has 0 heterocycles. The summed E-state index contributed by atoms with van der Waals surface area (Å²) in [4.78, 5) is 0. The molecular weight excluding hydrogens is 134 g/mol. The van der Waals surface area contributed by atoms with Crippen LogP contribution in [-0.2, 0) is 10.0 Å². The zero-order valence-corrected chi connectivity index (χ0v) is 5.34. The van der Waals surface area contributed by atoms with Crippen molar-refractivity contribution >= 4 is 26.4 Å². The Balaban J connectivity index is 4.43. The van der Waals surface area contributed by atoms with Gasteiger partial charge in [0.2, 0.25) is 10.0 Å². The Kier molecular flexibility index (Phi) is 1.85. The number of hydrogen-bond donors (Lipinski definition) is 1. The molecule has 0 rings (SSSR count). The van der Waals surface area contributed by atoms with Gasteiger partial charge in [-0.1, -0.05) is 12.2 Å². The van der Waals surface area contributed by atoms with Crippen molar-refractivity contribution in [1.82, 2.24) is 0 Å². The summed E-state index contributed by atoms with van der Waals surface area (Å²) in [6.07, 6.45) is 0. The lowest BCUT2D eigenvalue weighted by Gasteiger charge is -1.85. The largest absolute Gasteiger partial charge is 0.244 e. The van der Waals surface area contributed by atoms with Crippen LogP contribution >= 0.6 is 12.2 Å². The number of sulfonamides is 1. The van der Waals surface area contributed by atoms with Crippen LogP contribution in [0.5, 0.6) is 0 Å². The summed E-state index contributed by atoms with van der Waals surface area (Å²) in [6.45, 7) is 1.27. The summed E-state index contributed by atoms with van der Waals surface area (Å²) < 4.78 is 19.8. The van der Waals surface area contributed by atoms with Gasteiger partial charge in [-0.25, -0.2) is 13.6 Å². The van der Waals surface area contributed by atoms with E-state index in [-0.39, 0.29) is 4.20 Å². The maximum absolute atomic E-state index is 9.97. The lowest BCUT2D eigenvalue weighted by Crippen LogP contribution is -2.18. The van der Waals surface area contributed by atoms with E-state index in [4.69, 9.17) is 0 Å². The van der Waals surface area contributed by atoms with Crippen molar-refractivity contribution in [2.75, 3.05) is 0 Å². The van der Waals surface area contributed by atoms with Crippen molar-refractivity contribution in [1.29, 1.82) is 0 Å². The maximum Gasteiger partial charge on any atom is 0.244 e. The molecule has 0 saturated carbocycles. The van der Waals surface area contributed by atoms with E-state index >= 15 is 0 Å². The summed E-state index contributed by atoms with van der Waals surface area (Å²) >= 11 is 4.22. The minimum absolute atomic E-state index is 0.174. The van der Waals surface area contributed by atoms with E-state index in [1.165, 1.54) is 6.92 Å². The van der Waals surface area contributed by atoms with Gasteiger partial charge in [-0.2, -0.15) is 0 Å². The van der Waals surface area contributed by atoms with Crippen molar-refractivity contribution in [2.45, 2.75) is 6.92 Å². The van der Waals surface area contributed by atoms with Gasteiger partial charge in [0.1, 0.15) is 4.20 Å². The molecule has 0 aromatic heterocycles. The monoisotopic (exact) mass is 139 g/mol. The smallest absolute Gasteiger partial charge is 0.224 e. The Labute approximate surface area is 47.6 Å².